The lowest BCUT2D eigenvalue weighted by molar-refractivity contribution is 0.576. The van der Waals surface area contributed by atoms with Crippen molar-refractivity contribution in [1.29, 1.82) is 0 Å². The van der Waals surface area contributed by atoms with E-state index in [-0.39, 0.29) is 17.4 Å². The largest absolute Gasteiger partial charge is 0.306 e. The molecule has 4 N–H and O–H groups in total. The van der Waals surface area contributed by atoms with Gasteiger partial charge in [0.05, 0.1) is 6.54 Å². The van der Waals surface area contributed by atoms with Gasteiger partial charge in [-0.2, -0.15) is 4.98 Å². The van der Waals surface area contributed by atoms with Gasteiger partial charge >= 0.3 is 0 Å². The number of hydrogen-bond donors (Lipinski definition) is 3. The van der Waals surface area contributed by atoms with Crippen LogP contribution in [0.25, 0.3) is 4.96 Å². The Labute approximate surface area is 128 Å². The third kappa shape index (κ3) is 2.65. The zero-order valence-electron chi connectivity index (χ0n) is 10.9. The van der Waals surface area contributed by atoms with E-state index in [1.807, 2.05) is 6.92 Å². The van der Waals surface area contributed by atoms with Gasteiger partial charge in [0.1, 0.15) is 5.01 Å². The lowest BCUT2D eigenvalue weighted by Crippen LogP contribution is -2.26. The smallest absolute Gasteiger partial charge is 0.260 e. The number of nitrogens with one attached hydrogen (secondary N) is 2. The van der Waals surface area contributed by atoms with Gasteiger partial charge < -0.3 is 5.43 Å². The molecular formula is C10H12N6O2S3. The molecule has 0 aliphatic carbocycles. The predicted octanol–water partition coefficient (Wildman–Crippen LogP) is 0.925. The monoisotopic (exact) mass is 344 g/mol. The number of thiazole rings is 2. The number of sulfonamides is 1. The van der Waals surface area contributed by atoms with E-state index in [1.54, 1.807) is 17.8 Å². The van der Waals surface area contributed by atoms with Crippen LogP contribution < -0.4 is 16.0 Å². The fraction of sp³-hybridized carbons (Fsp3) is 0.200. The minimum Gasteiger partial charge on any atom is -0.306 e. The zero-order chi connectivity index (χ0) is 15.0. The summed E-state index contributed by atoms with van der Waals surface area (Å²) in [5.41, 5.74) is 2.32. The summed E-state index contributed by atoms with van der Waals surface area (Å²) in [5.74, 6) is 5.47. The van der Waals surface area contributed by atoms with Gasteiger partial charge in [-0.1, -0.05) is 0 Å². The van der Waals surface area contributed by atoms with E-state index in [4.69, 9.17) is 5.84 Å². The van der Waals surface area contributed by atoms with Crippen LogP contribution >= 0.6 is 22.7 Å². The molecule has 0 aliphatic heterocycles. The van der Waals surface area contributed by atoms with Crippen LogP contribution in [0.15, 0.2) is 22.8 Å². The molecule has 0 fully saturated rings. The number of aryl methyl sites for hydroxylation is 1. The Balaban J connectivity index is 1.94. The van der Waals surface area contributed by atoms with Crippen molar-refractivity contribution >= 4 is 43.5 Å². The second kappa shape index (κ2) is 5.35. The number of nitrogens with zero attached hydrogens (tertiary/aromatic N) is 3. The molecule has 0 radical (unpaired) electrons. The van der Waals surface area contributed by atoms with Crippen LogP contribution in [0.4, 0.5) is 5.82 Å². The number of nitrogens with two attached hydrogens (primary N) is 1. The Kier molecular flexibility index (Phi) is 3.67. The maximum absolute atomic E-state index is 12.5. The zero-order valence-corrected chi connectivity index (χ0v) is 13.3. The average molecular weight is 344 g/mol. The summed E-state index contributed by atoms with van der Waals surface area (Å²) in [7, 11) is -3.76. The van der Waals surface area contributed by atoms with Crippen LogP contribution in [0, 0.1) is 6.92 Å². The Morgan fingerprint density at radius 3 is 2.95 bits per heavy atom. The standard InChI is InChI=1S/C10H12N6O2S3/c1-6-4-12-7(20-6)5-13-21(17,18)9-8(15-11)14-10-16(9)2-3-19-10/h2-4,13,15H,5,11H2,1H3. The van der Waals surface area contributed by atoms with Gasteiger partial charge in [0.2, 0.25) is 5.03 Å². The molecule has 0 atom stereocenters. The minimum atomic E-state index is -3.76. The van der Waals surface area contributed by atoms with Crippen molar-refractivity contribution < 1.29 is 8.42 Å². The summed E-state index contributed by atoms with van der Waals surface area (Å²) in [6, 6.07) is 0. The second-order valence-electron chi connectivity index (χ2n) is 4.15. The highest BCUT2D eigenvalue weighted by Gasteiger charge is 2.25. The van der Waals surface area contributed by atoms with Crippen molar-refractivity contribution in [1.82, 2.24) is 19.1 Å². The van der Waals surface area contributed by atoms with Crippen molar-refractivity contribution in [3.8, 4) is 0 Å². The first-order chi connectivity index (χ1) is 10.0. The topological polar surface area (TPSA) is 114 Å². The van der Waals surface area contributed by atoms with Crippen molar-refractivity contribution in [2.24, 2.45) is 5.84 Å². The molecule has 11 heteroatoms. The molecule has 3 heterocycles. The molecule has 0 saturated heterocycles. The first kappa shape index (κ1) is 14.4. The fourth-order valence-corrected chi connectivity index (χ4v) is 4.64. The highest BCUT2D eigenvalue weighted by molar-refractivity contribution is 7.89. The van der Waals surface area contributed by atoms with Gasteiger partial charge in [-0.25, -0.2) is 24.0 Å². The molecule has 8 nitrogen and oxygen atoms in total. The maximum atomic E-state index is 12.5. The summed E-state index contributed by atoms with van der Waals surface area (Å²) in [4.78, 5) is 9.83. The normalized spacial score (nSPS) is 12.1. The molecule has 3 aromatic heterocycles. The molecular weight excluding hydrogens is 332 g/mol. The van der Waals surface area contributed by atoms with Crippen LogP contribution in [-0.2, 0) is 16.6 Å². The summed E-state index contributed by atoms with van der Waals surface area (Å²) in [6.07, 6.45) is 3.34. The van der Waals surface area contributed by atoms with Gasteiger partial charge in [0, 0.05) is 22.7 Å². The first-order valence-corrected chi connectivity index (χ1v) is 9.02. The summed E-state index contributed by atoms with van der Waals surface area (Å²) >= 11 is 2.77. The number of imidazole rings is 1. The van der Waals surface area contributed by atoms with E-state index >= 15 is 0 Å². The van der Waals surface area contributed by atoms with E-state index in [0.29, 0.717) is 9.97 Å². The predicted molar refractivity (Wildman–Crippen MR) is 81.8 cm³/mol. The Bertz CT molecular complexity index is 878. The van der Waals surface area contributed by atoms with Crippen LogP contribution in [-0.4, -0.2) is 22.8 Å². The number of anilines is 1. The summed E-state index contributed by atoms with van der Waals surface area (Å²) in [5, 5.41) is 2.45. The quantitative estimate of drug-likeness (QED) is 0.468. The van der Waals surface area contributed by atoms with Crippen molar-refractivity contribution in [3.05, 3.63) is 27.7 Å². The van der Waals surface area contributed by atoms with Crippen molar-refractivity contribution in [3.63, 3.8) is 0 Å². The van der Waals surface area contributed by atoms with Gasteiger partial charge in [-0.3, -0.25) is 4.40 Å². The number of nitrogen functional groups attached to an aromatic ring is 1. The summed E-state index contributed by atoms with van der Waals surface area (Å²) in [6.45, 7) is 2.04. The number of rotatable bonds is 5. The lowest BCUT2D eigenvalue weighted by atomic mass is 10.6. The minimum absolute atomic E-state index is 0.00507. The molecule has 3 rings (SSSR count). The maximum Gasteiger partial charge on any atom is 0.260 e. The average Bonchev–Trinajstić information content (AvgIpc) is 3.10. The van der Waals surface area contributed by atoms with Crippen molar-refractivity contribution in [2.75, 3.05) is 5.43 Å². The van der Waals surface area contributed by atoms with Crippen molar-refractivity contribution in [2.45, 2.75) is 18.5 Å². The number of hydrazine groups is 1. The Morgan fingerprint density at radius 2 is 2.29 bits per heavy atom. The molecule has 0 saturated carbocycles. The highest BCUT2D eigenvalue weighted by atomic mass is 32.2. The number of fused-ring (bicyclic) bond motifs is 1. The third-order valence-corrected chi connectivity index (χ3v) is 5.78. The fourth-order valence-electron chi connectivity index (χ4n) is 1.82. The van der Waals surface area contributed by atoms with E-state index in [2.05, 4.69) is 20.1 Å². The molecule has 3 aromatic rings. The van der Waals surface area contributed by atoms with Gasteiger partial charge in [0.25, 0.3) is 10.0 Å². The molecule has 0 aliphatic rings. The first-order valence-electron chi connectivity index (χ1n) is 5.84. The van der Waals surface area contributed by atoms with E-state index in [0.717, 1.165) is 4.88 Å². The molecule has 0 spiro atoms. The van der Waals surface area contributed by atoms with Crippen LogP contribution in [0.5, 0.6) is 0 Å². The third-order valence-electron chi connectivity index (χ3n) is 2.69. The molecule has 112 valence electrons. The Hall–Kier alpha value is -1.53. The summed E-state index contributed by atoms with van der Waals surface area (Å²) < 4.78 is 29.0. The molecule has 0 unspecified atom stereocenters. The Morgan fingerprint density at radius 1 is 1.48 bits per heavy atom. The molecule has 0 amide bonds. The molecule has 21 heavy (non-hydrogen) atoms. The number of hydrogen-bond acceptors (Lipinski definition) is 8. The van der Waals surface area contributed by atoms with E-state index in [1.165, 1.54) is 27.1 Å². The lowest BCUT2D eigenvalue weighted by Gasteiger charge is -2.06. The van der Waals surface area contributed by atoms with Gasteiger partial charge in [-0.05, 0) is 6.92 Å². The molecule has 0 bridgehead atoms. The molecule has 0 aromatic carbocycles. The number of aromatic nitrogens is 3. The van der Waals surface area contributed by atoms with Gasteiger partial charge in [-0.15, -0.1) is 22.7 Å². The van der Waals surface area contributed by atoms with Crippen LogP contribution in [0.1, 0.15) is 9.88 Å². The van der Waals surface area contributed by atoms with E-state index in [9.17, 15) is 8.42 Å². The second-order valence-corrected chi connectivity index (χ2v) is 8.03. The van der Waals surface area contributed by atoms with Gasteiger partial charge in [0.15, 0.2) is 10.8 Å². The van der Waals surface area contributed by atoms with Crippen LogP contribution in [0.2, 0.25) is 0 Å². The highest BCUT2D eigenvalue weighted by Crippen LogP contribution is 2.25. The van der Waals surface area contributed by atoms with E-state index < -0.39 is 10.0 Å². The van der Waals surface area contributed by atoms with Crippen LogP contribution in [0.3, 0.4) is 0 Å². The SMILES string of the molecule is Cc1cnc(CNS(=O)(=O)c2c(NN)nc3sccn23)s1.